The number of aliphatic carboxylic acids is 1. The van der Waals surface area contributed by atoms with E-state index in [9.17, 15) is 18.0 Å². The van der Waals surface area contributed by atoms with Crippen molar-refractivity contribution in [2.45, 2.75) is 12.1 Å². The number of carboxylic acid groups (broad SMARTS) is 1. The number of nitrogens with one attached hydrogen (secondary N) is 1. The van der Waals surface area contributed by atoms with E-state index < -0.39 is 39.8 Å². The van der Waals surface area contributed by atoms with Crippen LogP contribution in [0.4, 0.5) is 0 Å². The van der Waals surface area contributed by atoms with E-state index in [1.807, 2.05) is 5.32 Å². The number of nitrogens with two attached hydrogens (primary N) is 1. The molecule has 10 heteroatoms. The molecule has 5 N–H and O–H groups in total. The van der Waals surface area contributed by atoms with Crippen LogP contribution in [0.1, 0.15) is 0 Å². The summed E-state index contributed by atoms with van der Waals surface area (Å²) in [5.74, 6) is -3.45. The Morgan fingerprint density at radius 3 is 2.25 bits per heavy atom. The van der Waals surface area contributed by atoms with Gasteiger partial charge in [-0.25, -0.2) is 4.79 Å². The Morgan fingerprint density at radius 1 is 1.44 bits per heavy atom. The second kappa shape index (κ2) is 6.03. The van der Waals surface area contributed by atoms with Gasteiger partial charge in [-0.1, -0.05) is 0 Å². The minimum Gasteiger partial charge on any atom is -0.480 e. The lowest BCUT2D eigenvalue weighted by molar-refractivity contribution is -0.141. The van der Waals surface area contributed by atoms with Crippen molar-refractivity contribution in [2.24, 2.45) is 5.73 Å². The van der Waals surface area contributed by atoms with Gasteiger partial charge in [0.1, 0.15) is 12.1 Å². The standard InChI is InChI=1S/C6H12N2O6S2/c7-3(2-16(12,13)14)5(9)8-4(1-15)6(10)11/h3-4,15H,1-2,7H2,(H,8,9)(H,10,11)(H,12,13,14)/t3-,4-/m0/s1. The summed E-state index contributed by atoms with van der Waals surface area (Å²) in [6.45, 7) is 0. The maximum atomic E-state index is 11.2. The van der Waals surface area contributed by atoms with Crippen molar-refractivity contribution in [1.29, 1.82) is 0 Å². The van der Waals surface area contributed by atoms with E-state index in [0.717, 1.165) is 0 Å². The first kappa shape index (κ1) is 15.2. The zero-order valence-corrected chi connectivity index (χ0v) is 9.74. The molecule has 0 saturated carbocycles. The highest BCUT2D eigenvalue weighted by Gasteiger charge is 2.24. The highest BCUT2D eigenvalue weighted by Crippen LogP contribution is 1.92. The first-order valence-electron chi connectivity index (χ1n) is 4.02. The molecule has 0 heterocycles. The largest absolute Gasteiger partial charge is 0.480 e. The molecule has 0 aromatic heterocycles. The van der Waals surface area contributed by atoms with Crippen molar-refractivity contribution < 1.29 is 27.7 Å². The quantitative estimate of drug-likeness (QED) is 0.270. The molecule has 0 aromatic rings. The van der Waals surface area contributed by atoms with Gasteiger partial charge in [-0.3, -0.25) is 9.35 Å². The fourth-order valence-electron chi connectivity index (χ4n) is 0.767. The SMILES string of the molecule is N[C@@H](CS(=O)(=O)O)C(=O)N[C@@H](CS)C(=O)O. The molecule has 0 radical (unpaired) electrons. The lowest BCUT2D eigenvalue weighted by atomic mass is 10.3. The van der Waals surface area contributed by atoms with Crippen molar-refractivity contribution in [3.05, 3.63) is 0 Å². The van der Waals surface area contributed by atoms with Gasteiger partial charge in [0, 0.05) is 5.75 Å². The summed E-state index contributed by atoms with van der Waals surface area (Å²) in [5.41, 5.74) is 5.14. The number of carbonyl (C=O) groups is 2. The Balaban J connectivity index is 4.41. The molecule has 94 valence electrons. The van der Waals surface area contributed by atoms with Gasteiger partial charge in [0.05, 0.1) is 5.75 Å². The molecule has 2 atom stereocenters. The highest BCUT2D eigenvalue weighted by molar-refractivity contribution is 7.85. The molecule has 0 aliphatic heterocycles. The van der Waals surface area contributed by atoms with Crippen LogP contribution in [0.15, 0.2) is 0 Å². The summed E-state index contributed by atoms with van der Waals surface area (Å²) in [4.78, 5) is 21.7. The fourth-order valence-corrected chi connectivity index (χ4v) is 1.62. The van der Waals surface area contributed by atoms with Crippen molar-refractivity contribution in [3.8, 4) is 0 Å². The minimum absolute atomic E-state index is 0.167. The number of hydrogen-bond donors (Lipinski definition) is 5. The maximum Gasteiger partial charge on any atom is 0.327 e. The van der Waals surface area contributed by atoms with E-state index in [2.05, 4.69) is 12.6 Å². The Kier molecular flexibility index (Phi) is 5.72. The Morgan fingerprint density at radius 2 is 1.94 bits per heavy atom. The summed E-state index contributed by atoms with van der Waals surface area (Å²) < 4.78 is 29.2. The van der Waals surface area contributed by atoms with E-state index in [0.29, 0.717) is 0 Å². The van der Waals surface area contributed by atoms with Crippen molar-refractivity contribution in [2.75, 3.05) is 11.5 Å². The smallest absolute Gasteiger partial charge is 0.327 e. The van der Waals surface area contributed by atoms with Crippen LogP contribution in [0, 0.1) is 0 Å². The first-order chi connectivity index (χ1) is 7.17. The van der Waals surface area contributed by atoms with Crippen LogP contribution in [0.2, 0.25) is 0 Å². The second-order valence-corrected chi connectivity index (χ2v) is 4.80. The molecule has 1 amide bonds. The monoisotopic (exact) mass is 272 g/mol. The van der Waals surface area contributed by atoms with E-state index >= 15 is 0 Å². The first-order valence-corrected chi connectivity index (χ1v) is 6.26. The van der Waals surface area contributed by atoms with Gasteiger partial charge in [-0.05, 0) is 0 Å². The third kappa shape index (κ3) is 5.90. The van der Waals surface area contributed by atoms with E-state index in [-0.39, 0.29) is 5.75 Å². The summed E-state index contributed by atoms with van der Waals surface area (Å²) in [7, 11) is -4.38. The molecular weight excluding hydrogens is 260 g/mol. The second-order valence-electron chi connectivity index (χ2n) is 2.94. The number of rotatable bonds is 6. The van der Waals surface area contributed by atoms with Crippen LogP contribution >= 0.6 is 12.6 Å². The van der Waals surface area contributed by atoms with Gasteiger partial charge in [-0.2, -0.15) is 21.0 Å². The number of hydrogen-bond acceptors (Lipinski definition) is 6. The van der Waals surface area contributed by atoms with E-state index in [1.165, 1.54) is 0 Å². The van der Waals surface area contributed by atoms with Crippen LogP contribution < -0.4 is 11.1 Å². The molecule has 16 heavy (non-hydrogen) atoms. The zero-order valence-electron chi connectivity index (χ0n) is 8.03. The summed E-state index contributed by atoms with van der Waals surface area (Å²) in [5, 5.41) is 10.5. The fraction of sp³-hybridized carbons (Fsp3) is 0.667. The summed E-state index contributed by atoms with van der Waals surface area (Å²) in [6, 6.07) is -2.79. The summed E-state index contributed by atoms with van der Waals surface area (Å²) >= 11 is 3.68. The lowest BCUT2D eigenvalue weighted by Gasteiger charge is -2.15. The van der Waals surface area contributed by atoms with E-state index in [1.54, 1.807) is 0 Å². The molecule has 0 aromatic carbocycles. The third-order valence-electron chi connectivity index (χ3n) is 1.52. The number of carbonyl (C=O) groups excluding carboxylic acids is 1. The predicted molar refractivity (Wildman–Crippen MR) is 57.8 cm³/mol. The summed E-state index contributed by atoms with van der Waals surface area (Å²) in [6.07, 6.45) is 0. The third-order valence-corrected chi connectivity index (χ3v) is 2.67. The van der Waals surface area contributed by atoms with Gasteiger partial charge in [-0.15, -0.1) is 0 Å². The Labute approximate surface area is 97.4 Å². The van der Waals surface area contributed by atoms with Gasteiger partial charge >= 0.3 is 5.97 Å². The van der Waals surface area contributed by atoms with Gasteiger partial charge < -0.3 is 16.2 Å². The minimum atomic E-state index is -4.38. The predicted octanol–water partition coefficient (Wildman–Crippen LogP) is -2.30. The van der Waals surface area contributed by atoms with Gasteiger partial charge in [0.2, 0.25) is 5.91 Å². The molecule has 0 rings (SSSR count). The van der Waals surface area contributed by atoms with E-state index in [4.69, 9.17) is 15.4 Å². The van der Waals surface area contributed by atoms with Crippen LogP contribution in [-0.4, -0.2) is 53.5 Å². The molecule has 0 aliphatic rings. The molecule has 0 spiro atoms. The molecule has 0 fully saturated rings. The maximum absolute atomic E-state index is 11.2. The average molecular weight is 272 g/mol. The van der Waals surface area contributed by atoms with Crippen LogP contribution in [0.3, 0.4) is 0 Å². The Bertz CT molecular complexity index is 367. The van der Waals surface area contributed by atoms with Crippen LogP contribution in [0.5, 0.6) is 0 Å². The number of amides is 1. The topological polar surface area (TPSA) is 147 Å². The molecule has 0 unspecified atom stereocenters. The van der Waals surface area contributed by atoms with Crippen molar-refractivity contribution >= 4 is 34.6 Å². The van der Waals surface area contributed by atoms with Gasteiger partial charge in [0.25, 0.3) is 10.1 Å². The molecule has 0 aliphatic carbocycles. The number of carboxylic acids is 1. The molecule has 0 saturated heterocycles. The molecule has 8 nitrogen and oxygen atoms in total. The van der Waals surface area contributed by atoms with Crippen molar-refractivity contribution in [1.82, 2.24) is 5.32 Å². The number of thiol groups is 1. The molecule has 0 bridgehead atoms. The average Bonchev–Trinajstić information content (AvgIpc) is 2.10. The van der Waals surface area contributed by atoms with Gasteiger partial charge in [0.15, 0.2) is 0 Å². The lowest BCUT2D eigenvalue weighted by Crippen LogP contribution is -2.51. The van der Waals surface area contributed by atoms with Crippen molar-refractivity contribution in [3.63, 3.8) is 0 Å². The van der Waals surface area contributed by atoms with Crippen LogP contribution in [0.25, 0.3) is 0 Å². The zero-order chi connectivity index (χ0) is 12.9. The highest BCUT2D eigenvalue weighted by atomic mass is 32.2. The Hall–Kier alpha value is -0.840. The normalized spacial score (nSPS) is 15.2. The van der Waals surface area contributed by atoms with Crippen LogP contribution in [-0.2, 0) is 19.7 Å². The molecular formula is C6H12N2O6S2.